The van der Waals surface area contributed by atoms with Crippen LogP contribution in [0.15, 0.2) is 22.6 Å². The van der Waals surface area contributed by atoms with E-state index in [0.29, 0.717) is 18.5 Å². The standard InChI is InChI=1S/C17H21N5O2S/c1-11-13(12(2)21(3)20-11)4-7-18-15(23)5-8-22-10-19-16-14(17(22)24)6-9-25-16/h6,9-10H,4-5,7-8H2,1-3H3,(H,18,23). The molecule has 0 atom stereocenters. The van der Waals surface area contributed by atoms with E-state index in [1.165, 1.54) is 27.8 Å². The third-order valence-electron chi connectivity index (χ3n) is 4.39. The normalized spacial score (nSPS) is 11.2. The molecular formula is C17H21N5O2S. The average molecular weight is 359 g/mol. The van der Waals surface area contributed by atoms with Gasteiger partial charge in [-0.25, -0.2) is 4.98 Å². The Kier molecular flexibility index (Phi) is 4.98. The van der Waals surface area contributed by atoms with Gasteiger partial charge in [0.15, 0.2) is 0 Å². The predicted molar refractivity (Wildman–Crippen MR) is 97.9 cm³/mol. The maximum absolute atomic E-state index is 12.3. The fourth-order valence-electron chi connectivity index (χ4n) is 2.87. The molecule has 3 aromatic rings. The first-order valence-corrected chi connectivity index (χ1v) is 9.03. The molecule has 0 aromatic carbocycles. The van der Waals surface area contributed by atoms with Crippen LogP contribution in [0.3, 0.4) is 0 Å². The number of fused-ring (bicyclic) bond motifs is 1. The predicted octanol–water partition coefficient (Wildman–Crippen LogP) is 1.56. The highest BCUT2D eigenvalue weighted by Crippen LogP contribution is 2.13. The summed E-state index contributed by atoms with van der Waals surface area (Å²) in [5, 5.41) is 9.73. The van der Waals surface area contributed by atoms with Crippen LogP contribution in [0.25, 0.3) is 10.2 Å². The molecule has 0 saturated heterocycles. The zero-order valence-corrected chi connectivity index (χ0v) is 15.4. The lowest BCUT2D eigenvalue weighted by atomic mass is 10.1. The first-order chi connectivity index (χ1) is 12.0. The lowest BCUT2D eigenvalue weighted by Crippen LogP contribution is -2.29. The van der Waals surface area contributed by atoms with Crippen molar-refractivity contribution in [3.8, 4) is 0 Å². The van der Waals surface area contributed by atoms with Crippen molar-refractivity contribution in [1.82, 2.24) is 24.6 Å². The van der Waals surface area contributed by atoms with Gasteiger partial charge in [-0.3, -0.25) is 18.8 Å². The molecule has 3 aromatic heterocycles. The van der Waals surface area contributed by atoms with E-state index >= 15 is 0 Å². The quantitative estimate of drug-likeness (QED) is 0.724. The van der Waals surface area contributed by atoms with Crippen molar-refractivity contribution in [2.24, 2.45) is 7.05 Å². The second-order valence-corrected chi connectivity index (χ2v) is 6.90. The van der Waals surface area contributed by atoms with Crippen LogP contribution >= 0.6 is 11.3 Å². The number of rotatable bonds is 6. The zero-order valence-electron chi connectivity index (χ0n) is 14.6. The molecule has 1 amide bonds. The smallest absolute Gasteiger partial charge is 0.262 e. The minimum Gasteiger partial charge on any atom is -0.356 e. The van der Waals surface area contributed by atoms with Gasteiger partial charge in [0, 0.05) is 32.3 Å². The Hall–Kier alpha value is -2.48. The molecule has 132 valence electrons. The Balaban J connectivity index is 1.52. The summed E-state index contributed by atoms with van der Waals surface area (Å²) in [6.07, 6.45) is 2.51. The molecule has 3 heterocycles. The van der Waals surface area contributed by atoms with Crippen molar-refractivity contribution in [3.05, 3.63) is 45.1 Å². The van der Waals surface area contributed by atoms with Crippen LogP contribution in [0, 0.1) is 13.8 Å². The van der Waals surface area contributed by atoms with Crippen LogP contribution in [0.2, 0.25) is 0 Å². The summed E-state index contributed by atoms with van der Waals surface area (Å²) in [6, 6.07) is 1.77. The van der Waals surface area contributed by atoms with Gasteiger partial charge >= 0.3 is 0 Å². The van der Waals surface area contributed by atoms with E-state index in [-0.39, 0.29) is 17.9 Å². The van der Waals surface area contributed by atoms with Gasteiger partial charge in [0.1, 0.15) is 4.83 Å². The van der Waals surface area contributed by atoms with Gasteiger partial charge in [-0.05, 0) is 37.3 Å². The van der Waals surface area contributed by atoms with Gasteiger partial charge in [-0.15, -0.1) is 11.3 Å². The van der Waals surface area contributed by atoms with E-state index in [1.54, 1.807) is 6.07 Å². The summed E-state index contributed by atoms with van der Waals surface area (Å²) < 4.78 is 3.34. The van der Waals surface area contributed by atoms with E-state index in [2.05, 4.69) is 15.4 Å². The van der Waals surface area contributed by atoms with Crippen LogP contribution in [0.1, 0.15) is 23.4 Å². The van der Waals surface area contributed by atoms with Crippen LogP contribution in [-0.2, 0) is 24.8 Å². The minimum atomic E-state index is -0.0966. The number of carbonyl (C=O) groups is 1. The number of aromatic nitrogens is 4. The molecular weight excluding hydrogens is 338 g/mol. The number of nitrogens with zero attached hydrogens (tertiary/aromatic N) is 4. The number of amides is 1. The second-order valence-electron chi connectivity index (χ2n) is 6.01. The number of hydrogen-bond donors (Lipinski definition) is 1. The summed E-state index contributed by atoms with van der Waals surface area (Å²) in [7, 11) is 1.92. The van der Waals surface area contributed by atoms with E-state index in [0.717, 1.165) is 22.6 Å². The highest BCUT2D eigenvalue weighted by atomic mass is 32.1. The molecule has 0 saturated carbocycles. The Morgan fingerprint density at radius 2 is 2.16 bits per heavy atom. The van der Waals surface area contributed by atoms with Gasteiger partial charge in [0.25, 0.3) is 5.56 Å². The molecule has 0 unspecified atom stereocenters. The van der Waals surface area contributed by atoms with Crippen molar-refractivity contribution < 1.29 is 4.79 Å². The zero-order chi connectivity index (χ0) is 18.0. The molecule has 7 nitrogen and oxygen atoms in total. The minimum absolute atomic E-state index is 0.0727. The SMILES string of the molecule is Cc1nn(C)c(C)c1CCNC(=O)CCn1cnc2sccc2c1=O. The van der Waals surface area contributed by atoms with Crippen LogP contribution in [-0.4, -0.2) is 31.8 Å². The van der Waals surface area contributed by atoms with Gasteiger partial charge in [-0.1, -0.05) is 0 Å². The van der Waals surface area contributed by atoms with Crippen molar-refractivity contribution in [3.63, 3.8) is 0 Å². The number of nitrogens with one attached hydrogen (secondary N) is 1. The van der Waals surface area contributed by atoms with Gasteiger partial charge < -0.3 is 5.32 Å². The average Bonchev–Trinajstić information content (AvgIpc) is 3.15. The molecule has 0 aliphatic heterocycles. The number of thiophene rings is 1. The summed E-state index contributed by atoms with van der Waals surface area (Å²) in [5.41, 5.74) is 3.19. The van der Waals surface area contributed by atoms with Crippen LogP contribution in [0.4, 0.5) is 0 Å². The molecule has 0 radical (unpaired) electrons. The third kappa shape index (κ3) is 3.63. The largest absolute Gasteiger partial charge is 0.356 e. The topological polar surface area (TPSA) is 81.8 Å². The molecule has 0 aliphatic carbocycles. The summed E-state index contributed by atoms with van der Waals surface area (Å²) in [6.45, 7) is 4.89. The Labute approximate surface area is 149 Å². The Morgan fingerprint density at radius 3 is 2.88 bits per heavy atom. The number of carbonyl (C=O) groups excluding carboxylic acids is 1. The Bertz CT molecular complexity index is 969. The fraction of sp³-hybridized carbons (Fsp3) is 0.412. The van der Waals surface area contributed by atoms with E-state index in [1.807, 2.05) is 31.0 Å². The second kappa shape index (κ2) is 7.18. The molecule has 3 rings (SSSR count). The highest BCUT2D eigenvalue weighted by Gasteiger charge is 2.10. The maximum atomic E-state index is 12.3. The van der Waals surface area contributed by atoms with Crippen molar-refractivity contribution in [2.75, 3.05) is 6.54 Å². The first-order valence-electron chi connectivity index (χ1n) is 8.16. The van der Waals surface area contributed by atoms with Crippen LogP contribution < -0.4 is 10.9 Å². The molecule has 0 bridgehead atoms. The van der Waals surface area contributed by atoms with Gasteiger partial charge in [0.05, 0.1) is 17.4 Å². The highest BCUT2D eigenvalue weighted by molar-refractivity contribution is 7.16. The summed E-state index contributed by atoms with van der Waals surface area (Å²) >= 11 is 1.44. The molecule has 0 aliphatic rings. The van der Waals surface area contributed by atoms with Crippen molar-refractivity contribution in [2.45, 2.75) is 33.2 Å². The van der Waals surface area contributed by atoms with Gasteiger partial charge in [0.2, 0.25) is 5.91 Å². The molecule has 0 spiro atoms. The molecule has 25 heavy (non-hydrogen) atoms. The molecule has 1 N–H and O–H groups in total. The van der Waals surface area contributed by atoms with Gasteiger partial charge in [-0.2, -0.15) is 5.10 Å². The lowest BCUT2D eigenvalue weighted by Gasteiger charge is -2.07. The maximum Gasteiger partial charge on any atom is 0.262 e. The number of aryl methyl sites for hydroxylation is 3. The first kappa shape index (κ1) is 17.3. The summed E-state index contributed by atoms with van der Waals surface area (Å²) in [4.78, 5) is 29.3. The fourth-order valence-corrected chi connectivity index (χ4v) is 3.59. The van der Waals surface area contributed by atoms with Crippen molar-refractivity contribution in [1.29, 1.82) is 0 Å². The van der Waals surface area contributed by atoms with E-state index in [4.69, 9.17) is 0 Å². The third-order valence-corrected chi connectivity index (χ3v) is 5.21. The molecule has 0 fully saturated rings. The monoisotopic (exact) mass is 359 g/mol. The molecule has 8 heteroatoms. The van der Waals surface area contributed by atoms with Crippen molar-refractivity contribution >= 4 is 27.5 Å². The number of hydrogen-bond acceptors (Lipinski definition) is 5. The van der Waals surface area contributed by atoms with E-state index < -0.39 is 0 Å². The summed E-state index contributed by atoms with van der Waals surface area (Å²) in [5.74, 6) is -0.0727. The Morgan fingerprint density at radius 1 is 1.36 bits per heavy atom. The van der Waals surface area contributed by atoms with E-state index in [9.17, 15) is 9.59 Å². The lowest BCUT2D eigenvalue weighted by molar-refractivity contribution is -0.121. The van der Waals surface area contributed by atoms with Crippen LogP contribution in [0.5, 0.6) is 0 Å².